The lowest BCUT2D eigenvalue weighted by molar-refractivity contribution is -0.137. The smallest absolute Gasteiger partial charge is 0.417 e. The van der Waals surface area contributed by atoms with E-state index in [-0.39, 0.29) is 11.7 Å². The summed E-state index contributed by atoms with van der Waals surface area (Å²) >= 11 is 0. The SMILES string of the molecule is CC(C)c1nn(-c2ccc(C(F)(F)F)cn2)cc1/C=C/C(=O)O. The van der Waals surface area contributed by atoms with E-state index >= 15 is 0 Å². The highest BCUT2D eigenvalue weighted by molar-refractivity contribution is 5.85. The Morgan fingerprint density at radius 1 is 1.35 bits per heavy atom. The van der Waals surface area contributed by atoms with E-state index in [1.807, 2.05) is 13.8 Å². The van der Waals surface area contributed by atoms with Crippen LogP contribution in [0.15, 0.2) is 30.6 Å². The number of carbonyl (C=O) groups is 1. The monoisotopic (exact) mass is 325 g/mol. The quantitative estimate of drug-likeness (QED) is 0.874. The molecule has 0 fully saturated rings. The summed E-state index contributed by atoms with van der Waals surface area (Å²) in [7, 11) is 0. The van der Waals surface area contributed by atoms with Gasteiger partial charge >= 0.3 is 12.1 Å². The molecule has 0 radical (unpaired) electrons. The molecule has 0 aliphatic rings. The Morgan fingerprint density at radius 2 is 2.04 bits per heavy atom. The molecule has 0 aliphatic heterocycles. The third kappa shape index (κ3) is 3.97. The van der Waals surface area contributed by atoms with Crippen molar-refractivity contribution in [2.45, 2.75) is 25.9 Å². The molecular weight excluding hydrogens is 311 g/mol. The minimum Gasteiger partial charge on any atom is -0.478 e. The highest BCUT2D eigenvalue weighted by Crippen LogP contribution is 2.29. The van der Waals surface area contributed by atoms with Gasteiger partial charge in [0.15, 0.2) is 5.82 Å². The van der Waals surface area contributed by atoms with Crippen LogP contribution in [0.25, 0.3) is 11.9 Å². The van der Waals surface area contributed by atoms with Crippen molar-refractivity contribution in [3.8, 4) is 5.82 Å². The van der Waals surface area contributed by atoms with Crippen molar-refractivity contribution >= 4 is 12.0 Å². The van der Waals surface area contributed by atoms with Crippen LogP contribution in [0.1, 0.15) is 36.6 Å². The molecule has 0 amide bonds. The minimum absolute atomic E-state index is 0.0131. The van der Waals surface area contributed by atoms with Crippen LogP contribution in [0.5, 0.6) is 0 Å². The van der Waals surface area contributed by atoms with Gasteiger partial charge in [-0.25, -0.2) is 14.5 Å². The molecule has 23 heavy (non-hydrogen) atoms. The number of pyridine rings is 1. The average molecular weight is 325 g/mol. The van der Waals surface area contributed by atoms with Crippen LogP contribution < -0.4 is 0 Å². The summed E-state index contributed by atoms with van der Waals surface area (Å²) < 4.78 is 39.0. The normalized spacial score (nSPS) is 12.3. The van der Waals surface area contributed by atoms with Gasteiger partial charge in [-0.15, -0.1) is 0 Å². The van der Waals surface area contributed by atoms with E-state index in [4.69, 9.17) is 5.11 Å². The average Bonchev–Trinajstić information content (AvgIpc) is 2.88. The standard InChI is InChI=1S/C15H14F3N3O2/c1-9(2)14-10(3-6-13(22)23)8-21(20-14)12-5-4-11(7-19-12)15(16,17)18/h3-9H,1-2H3,(H,22,23)/b6-3+. The van der Waals surface area contributed by atoms with Gasteiger partial charge < -0.3 is 5.11 Å². The first-order valence-electron chi connectivity index (χ1n) is 6.72. The number of aliphatic carboxylic acids is 1. The van der Waals surface area contributed by atoms with Crippen LogP contribution in [0, 0.1) is 0 Å². The lowest BCUT2D eigenvalue weighted by Crippen LogP contribution is -2.07. The zero-order valence-electron chi connectivity index (χ0n) is 12.4. The Balaban J connectivity index is 2.40. The van der Waals surface area contributed by atoms with Crippen molar-refractivity contribution < 1.29 is 23.1 Å². The molecule has 0 atom stereocenters. The second-order valence-corrected chi connectivity index (χ2v) is 5.14. The number of nitrogens with zero attached hydrogens (tertiary/aromatic N) is 3. The van der Waals surface area contributed by atoms with E-state index in [1.54, 1.807) is 0 Å². The molecule has 122 valence electrons. The van der Waals surface area contributed by atoms with Gasteiger partial charge in [0.1, 0.15) is 0 Å². The van der Waals surface area contributed by atoms with Crippen molar-refractivity contribution in [2.75, 3.05) is 0 Å². The number of halogens is 3. The fraction of sp³-hybridized carbons (Fsp3) is 0.267. The molecule has 0 unspecified atom stereocenters. The minimum atomic E-state index is -4.45. The molecule has 5 nitrogen and oxygen atoms in total. The predicted octanol–water partition coefficient (Wildman–Crippen LogP) is 3.51. The lowest BCUT2D eigenvalue weighted by Gasteiger charge is -2.06. The molecular formula is C15H14F3N3O2. The number of alkyl halides is 3. The maximum Gasteiger partial charge on any atom is 0.417 e. The third-order valence-electron chi connectivity index (χ3n) is 3.03. The molecule has 1 N–H and O–H groups in total. The van der Waals surface area contributed by atoms with Gasteiger partial charge in [-0.2, -0.15) is 18.3 Å². The van der Waals surface area contributed by atoms with E-state index in [1.165, 1.54) is 23.0 Å². The topological polar surface area (TPSA) is 68.0 Å². The summed E-state index contributed by atoms with van der Waals surface area (Å²) in [4.78, 5) is 14.4. The van der Waals surface area contributed by atoms with Crippen LogP contribution >= 0.6 is 0 Å². The molecule has 0 aliphatic carbocycles. The van der Waals surface area contributed by atoms with E-state index < -0.39 is 17.7 Å². The van der Waals surface area contributed by atoms with Crippen molar-refractivity contribution in [1.82, 2.24) is 14.8 Å². The first-order valence-corrected chi connectivity index (χ1v) is 6.72. The summed E-state index contributed by atoms with van der Waals surface area (Å²) in [5.41, 5.74) is 0.358. The predicted molar refractivity (Wildman–Crippen MR) is 77.1 cm³/mol. The second kappa shape index (κ2) is 6.23. The van der Waals surface area contributed by atoms with Gasteiger partial charge in [-0.1, -0.05) is 13.8 Å². The fourth-order valence-electron chi connectivity index (χ4n) is 1.95. The molecule has 2 rings (SSSR count). The van der Waals surface area contributed by atoms with Gasteiger partial charge in [0, 0.05) is 24.0 Å². The molecule has 0 bridgehead atoms. The Kier molecular flexibility index (Phi) is 4.53. The molecule has 8 heteroatoms. The fourth-order valence-corrected chi connectivity index (χ4v) is 1.95. The van der Waals surface area contributed by atoms with Gasteiger partial charge in [0.25, 0.3) is 0 Å². The molecule has 2 aromatic rings. The largest absolute Gasteiger partial charge is 0.478 e. The van der Waals surface area contributed by atoms with Crippen LogP contribution in [0.3, 0.4) is 0 Å². The first kappa shape index (κ1) is 16.7. The van der Waals surface area contributed by atoms with Crippen molar-refractivity contribution in [3.05, 3.63) is 47.4 Å². The van der Waals surface area contributed by atoms with Gasteiger partial charge in [-0.3, -0.25) is 0 Å². The van der Waals surface area contributed by atoms with Crippen LogP contribution in [0.4, 0.5) is 13.2 Å². The number of aromatic nitrogens is 3. The van der Waals surface area contributed by atoms with Crippen LogP contribution in [-0.2, 0) is 11.0 Å². The van der Waals surface area contributed by atoms with Crippen LogP contribution in [-0.4, -0.2) is 25.8 Å². The van der Waals surface area contributed by atoms with Crippen molar-refractivity contribution in [3.63, 3.8) is 0 Å². The molecule has 2 heterocycles. The van der Waals surface area contributed by atoms with Crippen molar-refractivity contribution in [1.29, 1.82) is 0 Å². The Morgan fingerprint density at radius 3 is 2.52 bits per heavy atom. The van der Waals surface area contributed by atoms with Gasteiger partial charge in [-0.05, 0) is 24.1 Å². The molecule has 2 aromatic heterocycles. The summed E-state index contributed by atoms with van der Waals surface area (Å²) in [6.45, 7) is 3.76. The Hall–Kier alpha value is -2.64. The molecule has 0 aromatic carbocycles. The van der Waals surface area contributed by atoms with E-state index in [0.717, 1.165) is 18.3 Å². The maximum absolute atomic E-state index is 12.5. The zero-order valence-corrected chi connectivity index (χ0v) is 12.4. The van der Waals surface area contributed by atoms with Gasteiger partial charge in [0.2, 0.25) is 0 Å². The van der Waals surface area contributed by atoms with Gasteiger partial charge in [0.05, 0.1) is 11.3 Å². The first-order chi connectivity index (χ1) is 10.7. The third-order valence-corrected chi connectivity index (χ3v) is 3.03. The van der Waals surface area contributed by atoms with E-state index in [0.29, 0.717) is 11.3 Å². The number of carboxylic acids is 1. The molecule has 0 saturated carbocycles. The highest BCUT2D eigenvalue weighted by Gasteiger charge is 2.30. The second-order valence-electron chi connectivity index (χ2n) is 5.14. The maximum atomic E-state index is 12.5. The Bertz CT molecular complexity index is 731. The number of hydrogen-bond acceptors (Lipinski definition) is 3. The summed E-state index contributed by atoms with van der Waals surface area (Å²) in [6.07, 6.45) is 0.190. The number of carboxylic acid groups (broad SMARTS) is 1. The van der Waals surface area contributed by atoms with E-state index in [9.17, 15) is 18.0 Å². The highest BCUT2D eigenvalue weighted by atomic mass is 19.4. The summed E-state index contributed by atoms with van der Waals surface area (Å²) in [5.74, 6) is -0.867. The van der Waals surface area contributed by atoms with Crippen molar-refractivity contribution in [2.24, 2.45) is 0 Å². The lowest BCUT2D eigenvalue weighted by atomic mass is 10.1. The number of hydrogen-bond donors (Lipinski definition) is 1. The Labute approximate surface area is 130 Å². The summed E-state index contributed by atoms with van der Waals surface area (Å²) in [5, 5.41) is 13.0. The van der Waals surface area contributed by atoms with Crippen LogP contribution in [0.2, 0.25) is 0 Å². The van der Waals surface area contributed by atoms with E-state index in [2.05, 4.69) is 10.1 Å². The number of rotatable bonds is 4. The molecule has 0 spiro atoms. The molecule has 0 saturated heterocycles. The summed E-state index contributed by atoms with van der Waals surface area (Å²) in [6, 6.07) is 2.14. The zero-order chi connectivity index (χ0) is 17.2.